The van der Waals surface area contributed by atoms with E-state index in [0.717, 1.165) is 22.6 Å². The summed E-state index contributed by atoms with van der Waals surface area (Å²) >= 11 is 1.58. The lowest BCUT2D eigenvalue weighted by Crippen LogP contribution is -1.96. The third kappa shape index (κ3) is 3.04. The molecule has 0 radical (unpaired) electrons. The number of thioether (sulfide) groups is 1. The van der Waals surface area contributed by atoms with Gasteiger partial charge in [0.15, 0.2) is 0 Å². The van der Waals surface area contributed by atoms with Crippen LogP contribution in [0.4, 0.5) is 0 Å². The molecule has 0 aliphatic rings. The number of nitrogens with zero attached hydrogens (tertiary/aromatic N) is 1. The van der Waals surface area contributed by atoms with Crippen molar-refractivity contribution in [3.05, 3.63) is 29.1 Å². The Balaban J connectivity index is 2.04. The predicted octanol–water partition coefficient (Wildman–Crippen LogP) is 2.89. The zero-order valence-corrected chi connectivity index (χ0v) is 11.3. The van der Waals surface area contributed by atoms with Crippen molar-refractivity contribution in [2.75, 3.05) is 5.75 Å². The van der Waals surface area contributed by atoms with E-state index in [1.54, 1.807) is 11.8 Å². The third-order valence-electron chi connectivity index (χ3n) is 2.85. The van der Waals surface area contributed by atoms with E-state index in [2.05, 4.69) is 35.9 Å². The number of carboxylic acid groups (broad SMARTS) is 1. The average molecular weight is 264 g/mol. The standard InChI is InChI=1S/C13H16N2O2S/c1-8-5-10-11(6-9(8)2)15-12(14-10)7-18-4-3-13(16)17/h5-6H,3-4,7H2,1-2H3,(H,14,15)(H,16,17). The molecule has 2 aromatic rings. The summed E-state index contributed by atoms with van der Waals surface area (Å²) in [5.74, 6) is 1.49. The summed E-state index contributed by atoms with van der Waals surface area (Å²) in [6.07, 6.45) is 0.198. The normalized spacial score (nSPS) is 11.0. The van der Waals surface area contributed by atoms with Crippen LogP contribution in [0.3, 0.4) is 0 Å². The molecule has 4 nitrogen and oxygen atoms in total. The van der Waals surface area contributed by atoms with Gasteiger partial charge in [0, 0.05) is 5.75 Å². The largest absolute Gasteiger partial charge is 0.481 e. The van der Waals surface area contributed by atoms with Crippen molar-refractivity contribution in [3.63, 3.8) is 0 Å². The average Bonchev–Trinajstić information content (AvgIpc) is 2.67. The molecule has 0 spiro atoms. The lowest BCUT2D eigenvalue weighted by molar-refractivity contribution is -0.136. The van der Waals surface area contributed by atoms with Gasteiger partial charge >= 0.3 is 5.97 Å². The highest BCUT2D eigenvalue weighted by atomic mass is 32.2. The van der Waals surface area contributed by atoms with Crippen molar-refractivity contribution >= 4 is 28.8 Å². The highest BCUT2D eigenvalue weighted by Gasteiger charge is 2.05. The second-order valence-electron chi connectivity index (χ2n) is 4.33. The number of rotatable bonds is 5. The summed E-state index contributed by atoms with van der Waals surface area (Å²) in [4.78, 5) is 18.2. The SMILES string of the molecule is Cc1cc2nc(CSCCC(=O)O)[nH]c2cc1C. The second-order valence-corrected chi connectivity index (χ2v) is 5.44. The molecule has 2 N–H and O–H groups in total. The van der Waals surface area contributed by atoms with Gasteiger partial charge in [0.2, 0.25) is 0 Å². The van der Waals surface area contributed by atoms with Crippen molar-refractivity contribution in [1.29, 1.82) is 0 Å². The van der Waals surface area contributed by atoms with E-state index in [0.29, 0.717) is 5.75 Å². The molecule has 0 fully saturated rings. The Morgan fingerprint density at radius 1 is 1.39 bits per heavy atom. The maximum Gasteiger partial charge on any atom is 0.304 e. The maximum absolute atomic E-state index is 10.4. The van der Waals surface area contributed by atoms with Gasteiger partial charge in [-0.25, -0.2) is 4.98 Å². The fourth-order valence-electron chi connectivity index (χ4n) is 1.72. The van der Waals surface area contributed by atoms with Gasteiger partial charge in [-0.2, -0.15) is 11.8 Å². The van der Waals surface area contributed by atoms with E-state index in [4.69, 9.17) is 5.11 Å². The van der Waals surface area contributed by atoms with Crippen molar-refractivity contribution in [2.24, 2.45) is 0 Å². The first kappa shape index (κ1) is 13.0. The molecule has 96 valence electrons. The molecule has 0 atom stereocenters. The summed E-state index contributed by atoms with van der Waals surface area (Å²) < 4.78 is 0. The number of aromatic amines is 1. The molecule has 1 aromatic heterocycles. The number of imidazole rings is 1. The van der Waals surface area contributed by atoms with Crippen LogP contribution in [-0.4, -0.2) is 26.8 Å². The van der Waals surface area contributed by atoms with Crippen LogP contribution in [-0.2, 0) is 10.5 Å². The van der Waals surface area contributed by atoms with Gasteiger partial charge in [0.05, 0.1) is 23.2 Å². The minimum atomic E-state index is -0.752. The first-order valence-electron chi connectivity index (χ1n) is 5.81. The maximum atomic E-state index is 10.4. The lowest BCUT2D eigenvalue weighted by atomic mass is 10.1. The van der Waals surface area contributed by atoms with Crippen LogP contribution < -0.4 is 0 Å². The zero-order chi connectivity index (χ0) is 13.1. The van der Waals surface area contributed by atoms with Gasteiger partial charge < -0.3 is 10.1 Å². The van der Waals surface area contributed by atoms with Gasteiger partial charge in [-0.1, -0.05) is 0 Å². The molecule has 0 aliphatic heterocycles. The second kappa shape index (κ2) is 5.44. The van der Waals surface area contributed by atoms with Gasteiger partial charge in [-0.15, -0.1) is 0 Å². The molecule has 0 saturated heterocycles. The van der Waals surface area contributed by atoms with Crippen LogP contribution in [0.25, 0.3) is 11.0 Å². The molecule has 18 heavy (non-hydrogen) atoms. The highest BCUT2D eigenvalue weighted by molar-refractivity contribution is 7.98. The molecule has 2 rings (SSSR count). The Hall–Kier alpha value is -1.49. The minimum absolute atomic E-state index is 0.198. The van der Waals surface area contributed by atoms with Crippen molar-refractivity contribution in [1.82, 2.24) is 9.97 Å². The number of carboxylic acids is 1. The van der Waals surface area contributed by atoms with Crippen LogP contribution in [0.5, 0.6) is 0 Å². The molecular weight excluding hydrogens is 248 g/mol. The first-order valence-corrected chi connectivity index (χ1v) is 6.97. The van der Waals surface area contributed by atoms with E-state index in [1.807, 2.05) is 0 Å². The molecule has 0 unspecified atom stereocenters. The van der Waals surface area contributed by atoms with Gasteiger partial charge in [-0.3, -0.25) is 4.79 Å². The van der Waals surface area contributed by atoms with Gasteiger partial charge in [0.1, 0.15) is 5.82 Å². The van der Waals surface area contributed by atoms with Crippen LogP contribution >= 0.6 is 11.8 Å². The monoisotopic (exact) mass is 264 g/mol. The van der Waals surface area contributed by atoms with E-state index in [9.17, 15) is 4.79 Å². The number of hydrogen-bond acceptors (Lipinski definition) is 3. The molecular formula is C13H16N2O2S. The summed E-state index contributed by atoms with van der Waals surface area (Å²) in [6, 6.07) is 4.18. The summed E-state index contributed by atoms with van der Waals surface area (Å²) in [6.45, 7) is 4.15. The molecule has 0 amide bonds. The number of benzene rings is 1. The molecule has 1 heterocycles. The Kier molecular flexibility index (Phi) is 3.91. The fraction of sp³-hybridized carbons (Fsp3) is 0.385. The van der Waals surface area contributed by atoms with Crippen molar-refractivity contribution in [3.8, 4) is 0 Å². The topological polar surface area (TPSA) is 66.0 Å². The van der Waals surface area contributed by atoms with Crippen molar-refractivity contribution < 1.29 is 9.90 Å². The number of aliphatic carboxylic acids is 1. The Bertz CT molecular complexity index is 539. The molecule has 1 aromatic carbocycles. The van der Waals surface area contributed by atoms with E-state index in [-0.39, 0.29) is 6.42 Å². The fourth-order valence-corrected chi connectivity index (χ4v) is 2.51. The summed E-state index contributed by atoms with van der Waals surface area (Å²) in [5.41, 5.74) is 4.51. The third-order valence-corrected chi connectivity index (χ3v) is 3.82. The number of carbonyl (C=O) groups is 1. The molecule has 0 bridgehead atoms. The molecule has 0 aliphatic carbocycles. The molecule has 0 saturated carbocycles. The van der Waals surface area contributed by atoms with Gasteiger partial charge in [-0.05, 0) is 37.1 Å². The Morgan fingerprint density at radius 3 is 2.83 bits per heavy atom. The zero-order valence-electron chi connectivity index (χ0n) is 10.5. The minimum Gasteiger partial charge on any atom is -0.481 e. The van der Waals surface area contributed by atoms with E-state index >= 15 is 0 Å². The highest BCUT2D eigenvalue weighted by Crippen LogP contribution is 2.19. The Labute approximate surface area is 110 Å². The van der Waals surface area contributed by atoms with Crippen molar-refractivity contribution in [2.45, 2.75) is 26.0 Å². The number of fused-ring (bicyclic) bond motifs is 1. The number of nitrogens with one attached hydrogen (secondary N) is 1. The summed E-state index contributed by atoms with van der Waals surface area (Å²) in [7, 11) is 0. The van der Waals surface area contributed by atoms with Gasteiger partial charge in [0.25, 0.3) is 0 Å². The quantitative estimate of drug-likeness (QED) is 0.815. The first-order chi connectivity index (χ1) is 8.56. The lowest BCUT2D eigenvalue weighted by Gasteiger charge is -1.97. The van der Waals surface area contributed by atoms with Crippen LogP contribution in [0.15, 0.2) is 12.1 Å². The number of aromatic nitrogens is 2. The predicted molar refractivity (Wildman–Crippen MR) is 74.0 cm³/mol. The number of aryl methyl sites for hydroxylation is 2. The smallest absolute Gasteiger partial charge is 0.304 e. The van der Waals surface area contributed by atoms with Crippen LogP contribution in [0.2, 0.25) is 0 Å². The van der Waals surface area contributed by atoms with Crippen LogP contribution in [0.1, 0.15) is 23.4 Å². The molecule has 5 heteroatoms. The number of hydrogen-bond donors (Lipinski definition) is 2. The Morgan fingerprint density at radius 2 is 2.11 bits per heavy atom. The number of H-pyrrole nitrogens is 1. The summed E-state index contributed by atoms with van der Waals surface area (Å²) in [5, 5.41) is 8.55. The van der Waals surface area contributed by atoms with E-state index in [1.165, 1.54) is 11.1 Å². The van der Waals surface area contributed by atoms with E-state index < -0.39 is 5.97 Å². The van der Waals surface area contributed by atoms with Crippen LogP contribution in [0, 0.1) is 13.8 Å².